The van der Waals surface area contributed by atoms with Crippen LogP contribution in [0, 0.1) is 5.92 Å². The Hall–Kier alpha value is -0.260. The highest BCUT2D eigenvalue weighted by Gasteiger charge is 2.44. The monoisotopic (exact) mass is 341 g/mol. The maximum Gasteiger partial charge on any atom is 0.316 e. The molecule has 0 saturated carbocycles. The van der Waals surface area contributed by atoms with Gasteiger partial charge in [0.05, 0.1) is 6.61 Å². The van der Waals surface area contributed by atoms with Gasteiger partial charge in [0, 0.05) is 11.6 Å². The van der Waals surface area contributed by atoms with E-state index in [4.69, 9.17) is 27.9 Å². The van der Waals surface area contributed by atoms with Crippen LogP contribution in [0.25, 0.3) is 0 Å². The van der Waals surface area contributed by atoms with Crippen LogP contribution in [0.4, 0.5) is 0 Å². The molecule has 0 bridgehead atoms. The van der Waals surface area contributed by atoms with Crippen molar-refractivity contribution in [2.75, 3.05) is 26.2 Å². The van der Waals surface area contributed by atoms with Gasteiger partial charge in [-0.25, -0.2) is 0 Å². The Kier molecular flexibility index (Phi) is 6.82. The summed E-state index contributed by atoms with van der Waals surface area (Å²) < 4.78 is 5.61. The van der Waals surface area contributed by atoms with Crippen LogP contribution in [-0.2, 0) is 9.53 Å². The minimum atomic E-state index is -1.39. The van der Waals surface area contributed by atoms with Crippen molar-refractivity contribution in [3.63, 3.8) is 0 Å². The number of carboxylic acids is 1. The Bertz CT molecular complexity index is 408. The molecule has 1 fully saturated rings. The number of nitrogens with zero attached hydrogens (tertiary/aromatic N) is 1. The lowest BCUT2D eigenvalue weighted by atomic mass is 9.96. The van der Waals surface area contributed by atoms with Crippen LogP contribution < -0.4 is 0 Å². The molecule has 2 atom stereocenters. The van der Waals surface area contributed by atoms with E-state index in [-0.39, 0.29) is 17.4 Å². The Morgan fingerprint density at radius 3 is 2.75 bits per heavy atom. The number of likely N-dealkylation sites (tertiary alicyclic amines) is 1. The van der Waals surface area contributed by atoms with E-state index in [1.807, 2.05) is 0 Å². The number of rotatable bonds is 5. The third-order valence-corrected chi connectivity index (χ3v) is 4.22. The van der Waals surface area contributed by atoms with E-state index in [1.54, 1.807) is 12.2 Å². The summed E-state index contributed by atoms with van der Waals surface area (Å²) in [5.74, 6) is -2.14. The van der Waals surface area contributed by atoms with Gasteiger partial charge in [0.15, 0.2) is 5.06 Å². The Labute approximate surface area is 134 Å². The number of ether oxygens (including phenoxy) is 1. The van der Waals surface area contributed by atoms with E-state index in [2.05, 4.69) is 4.90 Å². The molecule has 2 aliphatic rings. The standard InChI is InChI=1S/C13H17Cl2NO3.ClH/c14-10-4-3-5-13(15,11(10)12(17)18)19-9-8-16-6-1-2-7-16;/h3-5,11H,1-2,6-9H2,(H,17,18);1H. The summed E-state index contributed by atoms with van der Waals surface area (Å²) in [5, 5.41) is 8.02. The quantitative estimate of drug-likeness (QED) is 0.781. The zero-order valence-corrected chi connectivity index (χ0v) is 13.3. The first-order chi connectivity index (χ1) is 9.03. The zero-order chi connectivity index (χ0) is 13.9. The molecule has 1 aliphatic heterocycles. The van der Waals surface area contributed by atoms with Gasteiger partial charge in [-0.1, -0.05) is 29.3 Å². The number of alkyl halides is 1. The van der Waals surface area contributed by atoms with Crippen LogP contribution in [0.15, 0.2) is 23.3 Å². The number of halogens is 3. The zero-order valence-electron chi connectivity index (χ0n) is 10.9. The topological polar surface area (TPSA) is 49.8 Å². The molecule has 2 unspecified atom stereocenters. The summed E-state index contributed by atoms with van der Waals surface area (Å²) in [6.07, 6.45) is 7.12. The maximum absolute atomic E-state index is 11.3. The first-order valence-corrected chi connectivity index (χ1v) is 7.11. The van der Waals surface area contributed by atoms with Gasteiger partial charge in [0.2, 0.25) is 0 Å². The van der Waals surface area contributed by atoms with E-state index < -0.39 is 16.9 Å². The average Bonchev–Trinajstić information content (AvgIpc) is 2.81. The van der Waals surface area contributed by atoms with Gasteiger partial charge in [0.1, 0.15) is 5.92 Å². The van der Waals surface area contributed by atoms with Gasteiger partial charge in [0.25, 0.3) is 0 Å². The SMILES string of the molecule is Cl.O=C(O)C1C(Cl)=CC=CC1(Cl)OCCN1CCCC1. The van der Waals surface area contributed by atoms with E-state index in [0.29, 0.717) is 6.61 Å². The smallest absolute Gasteiger partial charge is 0.316 e. The Morgan fingerprint density at radius 2 is 2.15 bits per heavy atom. The minimum Gasteiger partial charge on any atom is -0.481 e. The van der Waals surface area contributed by atoms with E-state index in [9.17, 15) is 9.90 Å². The van der Waals surface area contributed by atoms with Gasteiger partial charge in [-0.2, -0.15) is 0 Å². The van der Waals surface area contributed by atoms with E-state index in [0.717, 1.165) is 19.6 Å². The highest BCUT2D eigenvalue weighted by Crippen LogP contribution is 2.38. The lowest BCUT2D eigenvalue weighted by molar-refractivity contribution is -0.145. The predicted molar refractivity (Wildman–Crippen MR) is 81.7 cm³/mol. The van der Waals surface area contributed by atoms with Crippen LogP contribution in [0.2, 0.25) is 0 Å². The summed E-state index contributed by atoms with van der Waals surface area (Å²) in [6.45, 7) is 3.28. The molecule has 0 aromatic heterocycles. The molecular weight excluding hydrogens is 325 g/mol. The van der Waals surface area contributed by atoms with Crippen LogP contribution >= 0.6 is 35.6 Å². The second-order valence-corrected chi connectivity index (χ2v) is 5.80. The van der Waals surface area contributed by atoms with Gasteiger partial charge in [-0.05, 0) is 38.1 Å². The summed E-state index contributed by atoms with van der Waals surface area (Å²) in [6, 6.07) is 0. The number of carboxylic acid groups (broad SMARTS) is 1. The van der Waals surface area contributed by atoms with Crippen molar-refractivity contribution in [2.45, 2.75) is 17.9 Å². The fourth-order valence-electron chi connectivity index (χ4n) is 2.41. The van der Waals surface area contributed by atoms with Crippen LogP contribution in [-0.4, -0.2) is 47.3 Å². The second kappa shape index (κ2) is 7.66. The van der Waals surface area contributed by atoms with Crippen molar-refractivity contribution in [2.24, 2.45) is 5.92 Å². The van der Waals surface area contributed by atoms with Crippen molar-refractivity contribution in [1.29, 1.82) is 0 Å². The van der Waals surface area contributed by atoms with E-state index >= 15 is 0 Å². The summed E-state index contributed by atoms with van der Waals surface area (Å²) in [7, 11) is 0. The largest absolute Gasteiger partial charge is 0.481 e. The summed E-state index contributed by atoms with van der Waals surface area (Å²) >= 11 is 12.2. The Balaban J connectivity index is 0.00000200. The fraction of sp³-hybridized carbons (Fsp3) is 0.615. The lowest BCUT2D eigenvalue weighted by Crippen LogP contribution is -2.41. The first-order valence-electron chi connectivity index (χ1n) is 6.36. The minimum absolute atomic E-state index is 0. The van der Waals surface area contributed by atoms with Crippen molar-refractivity contribution in [1.82, 2.24) is 4.90 Å². The van der Waals surface area contributed by atoms with Crippen LogP contribution in [0.3, 0.4) is 0 Å². The van der Waals surface area contributed by atoms with Crippen molar-refractivity contribution >= 4 is 41.6 Å². The molecule has 1 aliphatic carbocycles. The Morgan fingerprint density at radius 1 is 1.50 bits per heavy atom. The van der Waals surface area contributed by atoms with Crippen molar-refractivity contribution in [3.05, 3.63) is 23.3 Å². The fourth-order valence-corrected chi connectivity index (χ4v) is 3.15. The molecular formula is C13H18Cl3NO3. The van der Waals surface area contributed by atoms with Gasteiger partial charge >= 0.3 is 5.97 Å². The molecule has 1 saturated heterocycles. The third-order valence-electron chi connectivity index (χ3n) is 3.42. The molecule has 20 heavy (non-hydrogen) atoms. The molecule has 1 N–H and O–H groups in total. The molecule has 0 spiro atoms. The molecule has 0 aromatic carbocycles. The highest BCUT2D eigenvalue weighted by atomic mass is 35.5. The maximum atomic E-state index is 11.3. The average molecular weight is 343 g/mol. The van der Waals surface area contributed by atoms with Crippen molar-refractivity contribution in [3.8, 4) is 0 Å². The van der Waals surface area contributed by atoms with Crippen LogP contribution in [0.1, 0.15) is 12.8 Å². The molecule has 7 heteroatoms. The second-order valence-electron chi connectivity index (χ2n) is 4.78. The third kappa shape index (κ3) is 4.12. The van der Waals surface area contributed by atoms with Gasteiger partial charge in [-0.15, -0.1) is 12.4 Å². The molecule has 1 heterocycles. The number of allylic oxidation sites excluding steroid dienone is 2. The number of carbonyl (C=O) groups is 1. The lowest BCUT2D eigenvalue weighted by Gasteiger charge is -2.32. The molecule has 114 valence electrons. The van der Waals surface area contributed by atoms with Gasteiger partial charge < -0.3 is 14.7 Å². The predicted octanol–water partition coefficient (Wildman–Crippen LogP) is 2.85. The number of hydrogen-bond acceptors (Lipinski definition) is 3. The highest BCUT2D eigenvalue weighted by molar-refractivity contribution is 6.34. The summed E-state index contributed by atoms with van der Waals surface area (Å²) in [4.78, 5) is 13.5. The van der Waals surface area contributed by atoms with Crippen LogP contribution in [0.5, 0.6) is 0 Å². The first kappa shape index (κ1) is 17.8. The van der Waals surface area contributed by atoms with Crippen molar-refractivity contribution < 1.29 is 14.6 Å². The van der Waals surface area contributed by atoms with Gasteiger partial charge in [-0.3, -0.25) is 4.79 Å². The number of aliphatic carboxylic acids is 1. The number of hydrogen-bond donors (Lipinski definition) is 1. The molecule has 4 nitrogen and oxygen atoms in total. The van der Waals surface area contributed by atoms with E-state index in [1.165, 1.54) is 18.9 Å². The molecule has 0 amide bonds. The molecule has 2 rings (SSSR count). The molecule has 0 radical (unpaired) electrons. The molecule has 0 aromatic rings. The summed E-state index contributed by atoms with van der Waals surface area (Å²) in [5.41, 5.74) is 0. The normalized spacial score (nSPS) is 29.9.